The molecule has 1 aromatic rings. The standard InChI is InChI=1S/C13H19NO2S/c1-3-9-4-6-10(7-5-9)12-14-8(2)11(17-12)13(15)16/h9-10H,3-7H2,1-2H3,(H,15,16). The summed E-state index contributed by atoms with van der Waals surface area (Å²) in [5.41, 5.74) is 0.676. The van der Waals surface area contributed by atoms with E-state index in [1.54, 1.807) is 6.92 Å². The molecule has 0 amide bonds. The van der Waals surface area contributed by atoms with E-state index in [9.17, 15) is 4.79 Å². The molecule has 1 fully saturated rings. The van der Waals surface area contributed by atoms with E-state index in [1.165, 1.54) is 43.4 Å². The Bertz CT molecular complexity index is 406. The first-order valence-electron chi connectivity index (χ1n) is 6.32. The van der Waals surface area contributed by atoms with E-state index >= 15 is 0 Å². The third-order valence-electron chi connectivity index (χ3n) is 3.78. The van der Waals surface area contributed by atoms with Crippen molar-refractivity contribution in [3.05, 3.63) is 15.6 Å². The van der Waals surface area contributed by atoms with Crippen molar-refractivity contribution in [3.63, 3.8) is 0 Å². The third-order valence-corrected chi connectivity index (χ3v) is 5.09. The van der Waals surface area contributed by atoms with Crippen LogP contribution in [0.2, 0.25) is 0 Å². The Morgan fingerprint density at radius 2 is 2.06 bits per heavy atom. The lowest BCUT2D eigenvalue weighted by Gasteiger charge is -2.26. The SMILES string of the molecule is CCC1CCC(c2nc(C)c(C(=O)O)s2)CC1. The van der Waals surface area contributed by atoms with Crippen molar-refractivity contribution in [1.82, 2.24) is 4.98 Å². The Morgan fingerprint density at radius 1 is 1.41 bits per heavy atom. The summed E-state index contributed by atoms with van der Waals surface area (Å²) < 4.78 is 0. The number of carboxylic acids is 1. The number of rotatable bonds is 3. The van der Waals surface area contributed by atoms with Gasteiger partial charge < -0.3 is 5.11 Å². The number of aromatic nitrogens is 1. The molecular formula is C13H19NO2S. The Balaban J connectivity index is 2.08. The zero-order chi connectivity index (χ0) is 12.4. The molecule has 0 unspecified atom stereocenters. The van der Waals surface area contributed by atoms with E-state index in [4.69, 9.17) is 5.11 Å². The molecule has 0 radical (unpaired) electrons. The lowest BCUT2D eigenvalue weighted by Crippen LogP contribution is -2.12. The van der Waals surface area contributed by atoms with Gasteiger partial charge in [-0.1, -0.05) is 13.3 Å². The average Bonchev–Trinajstić information content (AvgIpc) is 2.71. The van der Waals surface area contributed by atoms with Crippen LogP contribution in [-0.4, -0.2) is 16.1 Å². The van der Waals surface area contributed by atoms with Gasteiger partial charge in [0.05, 0.1) is 10.7 Å². The molecule has 1 N–H and O–H groups in total. The van der Waals surface area contributed by atoms with Gasteiger partial charge >= 0.3 is 5.97 Å². The molecule has 1 aliphatic carbocycles. The number of hydrogen-bond acceptors (Lipinski definition) is 3. The van der Waals surface area contributed by atoms with Gasteiger partial charge in [-0.15, -0.1) is 11.3 Å². The Kier molecular flexibility index (Phi) is 3.82. The van der Waals surface area contributed by atoms with Gasteiger partial charge in [0.15, 0.2) is 0 Å². The molecule has 0 saturated heterocycles. The van der Waals surface area contributed by atoms with E-state index in [-0.39, 0.29) is 0 Å². The van der Waals surface area contributed by atoms with E-state index in [0.29, 0.717) is 16.5 Å². The summed E-state index contributed by atoms with van der Waals surface area (Å²) in [7, 11) is 0. The minimum atomic E-state index is -0.839. The van der Waals surface area contributed by atoms with Gasteiger partial charge in [0.2, 0.25) is 0 Å². The summed E-state index contributed by atoms with van der Waals surface area (Å²) in [5.74, 6) is 0.523. The summed E-state index contributed by atoms with van der Waals surface area (Å²) in [5, 5.41) is 10.1. The third kappa shape index (κ3) is 2.68. The van der Waals surface area contributed by atoms with Crippen LogP contribution in [0.4, 0.5) is 0 Å². The molecule has 4 heteroatoms. The fraction of sp³-hybridized carbons (Fsp3) is 0.692. The van der Waals surface area contributed by atoms with Gasteiger partial charge in [-0.05, 0) is 38.5 Å². The maximum absolute atomic E-state index is 11.0. The van der Waals surface area contributed by atoms with E-state index < -0.39 is 5.97 Å². The molecule has 0 aliphatic heterocycles. The molecule has 0 spiro atoms. The first-order chi connectivity index (χ1) is 8.11. The fourth-order valence-electron chi connectivity index (χ4n) is 2.61. The summed E-state index contributed by atoms with van der Waals surface area (Å²) in [6, 6.07) is 0. The number of aryl methyl sites for hydroxylation is 1. The maximum Gasteiger partial charge on any atom is 0.347 e. The molecule has 1 saturated carbocycles. The molecule has 3 nitrogen and oxygen atoms in total. The quantitative estimate of drug-likeness (QED) is 0.890. The zero-order valence-corrected chi connectivity index (χ0v) is 11.2. The normalized spacial score (nSPS) is 24.8. The Labute approximate surface area is 106 Å². The summed E-state index contributed by atoms with van der Waals surface area (Å²) in [6.45, 7) is 4.04. The minimum absolute atomic E-state index is 0.414. The summed E-state index contributed by atoms with van der Waals surface area (Å²) in [4.78, 5) is 15.8. The highest BCUT2D eigenvalue weighted by molar-refractivity contribution is 7.13. The monoisotopic (exact) mass is 253 g/mol. The van der Waals surface area contributed by atoms with E-state index in [1.807, 2.05) is 0 Å². The van der Waals surface area contributed by atoms with Crippen molar-refractivity contribution < 1.29 is 9.90 Å². The number of carboxylic acid groups (broad SMARTS) is 1. The summed E-state index contributed by atoms with van der Waals surface area (Å²) in [6.07, 6.45) is 6.14. The van der Waals surface area contributed by atoms with Gasteiger partial charge in [-0.2, -0.15) is 0 Å². The van der Waals surface area contributed by atoms with Crippen LogP contribution in [0.3, 0.4) is 0 Å². The number of carbonyl (C=O) groups is 1. The highest BCUT2D eigenvalue weighted by Gasteiger charge is 2.25. The second-order valence-corrected chi connectivity index (χ2v) is 5.93. The Morgan fingerprint density at radius 3 is 2.53 bits per heavy atom. The molecule has 94 valence electrons. The highest BCUT2D eigenvalue weighted by Crippen LogP contribution is 2.39. The van der Waals surface area contributed by atoms with Crippen molar-refractivity contribution in [1.29, 1.82) is 0 Å². The van der Waals surface area contributed by atoms with Crippen molar-refractivity contribution in [3.8, 4) is 0 Å². The second-order valence-electron chi connectivity index (χ2n) is 4.90. The molecule has 1 aliphatic rings. The van der Waals surface area contributed by atoms with Crippen LogP contribution in [0, 0.1) is 12.8 Å². The van der Waals surface area contributed by atoms with Gasteiger partial charge in [-0.3, -0.25) is 0 Å². The van der Waals surface area contributed by atoms with Crippen LogP contribution in [-0.2, 0) is 0 Å². The average molecular weight is 253 g/mol. The Hall–Kier alpha value is -0.900. The van der Waals surface area contributed by atoms with Crippen molar-refractivity contribution in [2.75, 3.05) is 0 Å². The van der Waals surface area contributed by atoms with Crippen LogP contribution in [0.5, 0.6) is 0 Å². The van der Waals surface area contributed by atoms with Gasteiger partial charge in [0, 0.05) is 5.92 Å². The molecule has 0 atom stereocenters. The molecule has 1 heterocycles. The fourth-order valence-corrected chi connectivity index (χ4v) is 3.68. The van der Waals surface area contributed by atoms with Crippen molar-refractivity contribution >= 4 is 17.3 Å². The number of aromatic carboxylic acids is 1. The predicted molar refractivity (Wildman–Crippen MR) is 68.8 cm³/mol. The predicted octanol–water partition coefficient (Wildman–Crippen LogP) is 3.83. The van der Waals surface area contributed by atoms with Gasteiger partial charge in [-0.25, -0.2) is 9.78 Å². The largest absolute Gasteiger partial charge is 0.477 e. The van der Waals surface area contributed by atoms with Crippen LogP contribution in [0.25, 0.3) is 0 Å². The lowest BCUT2D eigenvalue weighted by atomic mass is 9.81. The van der Waals surface area contributed by atoms with Crippen molar-refractivity contribution in [2.24, 2.45) is 5.92 Å². The molecular weight excluding hydrogens is 234 g/mol. The molecule has 0 aromatic carbocycles. The van der Waals surface area contributed by atoms with Crippen molar-refractivity contribution in [2.45, 2.75) is 51.9 Å². The van der Waals surface area contributed by atoms with Gasteiger partial charge in [0.1, 0.15) is 4.88 Å². The van der Waals surface area contributed by atoms with E-state index in [2.05, 4.69) is 11.9 Å². The van der Waals surface area contributed by atoms with Crippen LogP contribution in [0.15, 0.2) is 0 Å². The first kappa shape index (κ1) is 12.6. The number of hydrogen-bond donors (Lipinski definition) is 1. The van der Waals surface area contributed by atoms with Gasteiger partial charge in [0.25, 0.3) is 0 Å². The summed E-state index contributed by atoms with van der Waals surface area (Å²) >= 11 is 1.37. The topological polar surface area (TPSA) is 50.2 Å². The molecule has 2 rings (SSSR count). The number of thiazole rings is 1. The maximum atomic E-state index is 11.0. The molecule has 1 aromatic heterocycles. The lowest BCUT2D eigenvalue weighted by molar-refractivity contribution is 0.0701. The van der Waals surface area contributed by atoms with E-state index in [0.717, 1.165) is 10.9 Å². The minimum Gasteiger partial charge on any atom is -0.477 e. The number of nitrogens with zero attached hydrogens (tertiary/aromatic N) is 1. The highest BCUT2D eigenvalue weighted by atomic mass is 32.1. The smallest absolute Gasteiger partial charge is 0.347 e. The zero-order valence-electron chi connectivity index (χ0n) is 10.4. The molecule has 0 bridgehead atoms. The van der Waals surface area contributed by atoms with Crippen LogP contribution >= 0.6 is 11.3 Å². The second kappa shape index (κ2) is 5.17. The van der Waals surface area contributed by atoms with Crippen LogP contribution < -0.4 is 0 Å². The first-order valence-corrected chi connectivity index (χ1v) is 7.14. The molecule has 17 heavy (non-hydrogen) atoms. The van der Waals surface area contributed by atoms with Crippen LogP contribution in [0.1, 0.15) is 65.3 Å².